The van der Waals surface area contributed by atoms with Gasteiger partial charge in [0.25, 0.3) is 0 Å². The van der Waals surface area contributed by atoms with E-state index >= 15 is 0 Å². The van der Waals surface area contributed by atoms with Crippen molar-refractivity contribution >= 4 is 11.2 Å². The van der Waals surface area contributed by atoms with Gasteiger partial charge in [0, 0.05) is 11.8 Å². The first-order valence-corrected chi connectivity index (χ1v) is 5.76. The van der Waals surface area contributed by atoms with E-state index in [4.69, 9.17) is 0 Å². The number of hydrogen-bond donors (Lipinski definition) is 2. The van der Waals surface area contributed by atoms with Crippen LogP contribution in [0.5, 0.6) is 5.75 Å². The number of rotatable bonds is 1. The number of aromatic amines is 1. The summed E-state index contributed by atoms with van der Waals surface area (Å²) in [4.78, 5) is 11.9. The van der Waals surface area contributed by atoms with Gasteiger partial charge in [-0.05, 0) is 37.1 Å². The molecule has 2 N–H and O–H groups in total. The van der Waals surface area contributed by atoms with Crippen LogP contribution in [0.3, 0.4) is 0 Å². The van der Waals surface area contributed by atoms with Crippen LogP contribution in [0.4, 0.5) is 0 Å². The smallest absolute Gasteiger partial charge is 0.178 e. The molecule has 2 heterocycles. The fourth-order valence-electron chi connectivity index (χ4n) is 1.90. The highest BCUT2D eigenvalue weighted by molar-refractivity contribution is 5.76. The molecule has 2 aromatic heterocycles. The van der Waals surface area contributed by atoms with Crippen LogP contribution < -0.4 is 0 Å². The van der Waals surface area contributed by atoms with Crippen molar-refractivity contribution in [3.63, 3.8) is 0 Å². The lowest BCUT2D eigenvalue weighted by Crippen LogP contribution is -1.82. The normalized spacial score (nSPS) is 11.0. The predicted molar refractivity (Wildman–Crippen MR) is 70.5 cm³/mol. The second-order valence-electron chi connectivity index (χ2n) is 4.47. The Bertz CT molecular complexity index is 731. The lowest BCUT2D eigenvalue weighted by Gasteiger charge is -2.00. The van der Waals surface area contributed by atoms with Gasteiger partial charge in [0.1, 0.15) is 11.6 Å². The number of H-pyrrole nitrogens is 1. The van der Waals surface area contributed by atoms with E-state index in [1.807, 2.05) is 32.0 Å². The van der Waals surface area contributed by atoms with Gasteiger partial charge in [-0.3, -0.25) is 0 Å². The number of phenolic OH excluding ortho intramolecular Hbond substituents is 1. The molecule has 0 aliphatic rings. The van der Waals surface area contributed by atoms with E-state index in [9.17, 15) is 5.11 Å². The molecule has 0 saturated carbocycles. The highest BCUT2D eigenvalue weighted by Gasteiger charge is 2.07. The Morgan fingerprint density at radius 3 is 2.78 bits per heavy atom. The monoisotopic (exact) mass is 239 g/mol. The third-order valence-corrected chi connectivity index (χ3v) is 2.96. The van der Waals surface area contributed by atoms with E-state index in [0.717, 1.165) is 28.0 Å². The topological polar surface area (TPSA) is 61.8 Å². The number of nitrogens with one attached hydrogen (secondary N) is 1. The lowest BCUT2D eigenvalue weighted by molar-refractivity contribution is 0.471. The van der Waals surface area contributed by atoms with Gasteiger partial charge >= 0.3 is 0 Å². The Hall–Kier alpha value is -2.36. The summed E-state index contributed by atoms with van der Waals surface area (Å²) in [6.07, 6.45) is 1.79. The first kappa shape index (κ1) is 10.8. The first-order chi connectivity index (χ1) is 8.63. The Kier molecular flexibility index (Phi) is 2.30. The van der Waals surface area contributed by atoms with Crippen LogP contribution in [-0.2, 0) is 0 Å². The number of fused-ring (bicyclic) bond motifs is 1. The van der Waals surface area contributed by atoms with Gasteiger partial charge < -0.3 is 10.1 Å². The van der Waals surface area contributed by atoms with Crippen molar-refractivity contribution < 1.29 is 5.11 Å². The van der Waals surface area contributed by atoms with Gasteiger partial charge in [-0.25, -0.2) is 9.97 Å². The fourth-order valence-corrected chi connectivity index (χ4v) is 1.90. The molecule has 0 radical (unpaired) electrons. The molecule has 0 unspecified atom stereocenters. The van der Waals surface area contributed by atoms with Gasteiger partial charge in [-0.15, -0.1) is 0 Å². The maximum atomic E-state index is 9.72. The third kappa shape index (κ3) is 1.72. The van der Waals surface area contributed by atoms with Crippen LogP contribution in [0.2, 0.25) is 0 Å². The predicted octanol–water partition coefficient (Wildman–Crippen LogP) is 2.95. The van der Waals surface area contributed by atoms with Crippen molar-refractivity contribution in [3.05, 3.63) is 41.6 Å². The number of aromatic nitrogens is 3. The summed E-state index contributed by atoms with van der Waals surface area (Å²) in [5, 5.41) is 9.72. The second-order valence-corrected chi connectivity index (χ2v) is 4.47. The average molecular weight is 239 g/mol. The molecule has 0 saturated heterocycles. The minimum Gasteiger partial charge on any atom is -0.508 e. The van der Waals surface area contributed by atoms with Crippen molar-refractivity contribution in [1.82, 2.24) is 15.0 Å². The minimum absolute atomic E-state index is 0.275. The number of hydrogen-bond acceptors (Lipinski definition) is 3. The van der Waals surface area contributed by atoms with Crippen LogP contribution in [0, 0.1) is 13.8 Å². The van der Waals surface area contributed by atoms with Crippen LogP contribution >= 0.6 is 0 Å². The molecule has 1 aromatic carbocycles. The van der Waals surface area contributed by atoms with E-state index in [0.29, 0.717) is 5.65 Å². The maximum Gasteiger partial charge on any atom is 0.178 e. The van der Waals surface area contributed by atoms with Crippen LogP contribution in [0.1, 0.15) is 11.1 Å². The molecule has 0 spiro atoms. The molecule has 4 heteroatoms. The Balaban J connectivity index is 2.16. The molecule has 0 fully saturated rings. The second kappa shape index (κ2) is 3.84. The molecule has 0 atom stereocenters. The summed E-state index contributed by atoms with van der Waals surface area (Å²) in [7, 11) is 0. The molecule has 0 bridgehead atoms. The fraction of sp³-hybridized carbons (Fsp3) is 0.143. The van der Waals surface area contributed by atoms with Gasteiger partial charge in [0.2, 0.25) is 0 Å². The van der Waals surface area contributed by atoms with Crippen molar-refractivity contribution in [2.75, 3.05) is 0 Å². The first-order valence-electron chi connectivity index (χ1n) is 5.76. The molecule has 3 rings (SSSR count). The Morgan fingerprint density at radius 2 is 2.00 bits per heavy atom. The van der Waals surface area contributed by atoms with Gasteiger partial charge in [-0.1, -0.05) is 12.1 Å². The van der Waals surface area contributed by atoms with Crippen molar-refractivity contribution in [2.45, 2.75) is 13.8 Å². The number of aryl methyl sites for hydroxylation is 2. The molecular formula is C14H13N3O. The van der Waals surface area contributed by atoms with Crippen molar-refractivity contribution in [2.24, 2.45) is 0 Å². The third-order valence-electron chi connectivity index (χ3n) is 2.96. The van der Waals surface area contributed by atoms with E-state index in [1.54, 1.807) is 12.3 Å². The number of benzene rings is 1. The van der Waals surface area contributed by atoms with Gasteiger partial charge in [-0.2, -0.15) is 0 Å². The zero-order chi connectivity index (χ0) is 12.7. The number of pyridine rings is 1. The van der Waals surface area contributed by atoms with E-state index in [2.05, 4.69) is 15.0 Å². The molecule has 4 nitrogen and oxygen atoms in total. The lowest BCUT2D eigenvalue weighted by atomic mass is 10.1. The number of phenols is 1. The number of nitrogens with zero attached hydrogens (tertiary/aromatic N) is 2. The maximum absolute atomic E-state index is 9.72. The molecule has 18 heavy (non-hydrogen) atoms. The molecule has 90 valence electrons. The molecule has 0 amide bonds. The average Bonchev–Trinajstić information content (AvgIpc) is 2.75. The number of aromatic hydroxyl groups is 1. The Labute approximate surface area is 104 Å². The van der Waals surface area contributed by atoms with Gasteiger partial charge in [0.15, 0.2) is 5.65 Å². The van der Waals surface area contributed by atoms with Crippen molar-refractivity contribution in [1.29, 1.82) is 0 Å². The molecule has 0 aliphatic carbocycles. The van der Waals surface area contributed by atoms with Crippen LogP contribution in [0.25, 0.3) is 22.6 Å². The largest absolute Gasteiger partial charge is 0.508 e. The highest BCUT2D eigenvalue weighted by atomic mass is 16.3. The van der Waals surface area contributed by atoms with E-state index in [-0.39, 0.29) is 5.75 Å². The number of imidazole rings is 1. The molecular weight excluding hydrogens is 226 g/mol. The van der Waals surface area contributed by atoms with Crippen molar-refractivity contribution in [3.8, 4) is 17.1 Å². The summed E-state index contributed by atoms with van der Waals surface area (Å²) in [5.74, 6) is 0.996. The summed E-state index contributed by atoms with van der Waals surface area (Å²) in [6, 6.07) is 7.52. The Morgan fingerprint density at radius 1 is 1.17 bits per heavy atom. The summed E-state index contributed by atoms with van der Waals surface area (Å²) in [6.45, 7) is 3.85. The van der Waals surface area contributed by atoms with Gasteiger partial charge in [0.05, 0.1) is 5.52 Å². The summed E-state index contributed by atoms with van der Waals surface area (Å²) in [5.41, 5.74) is 4.39. The van der Waals surface area contributed by atoms with E-state index < -0.39 is 0 Å². The van der Waals surface area contributed by atoms with Crippen LogP contribution in [0.15, 0.2) is 30.5 Å². The zero-order valence-electron chi connectivity index (χ0n) is 10.2. The molecule has 0 aliphatic heterocycles. The van der Waals surface area contributed by atoms with Crippen LogP contribution in [-0.4, -0.2) is 20.1 Å². The summed E-state index contributed by atoms with van der Waals surface area (Å²) < 4.78 is 0. The van der Waals surface area contributed by atoms with E-state index in [1.165, 1.54) is 0 Å². The highest BCUT2D eigenvalue weighted by Crippen LogP contribution is 2.25. The SMILES string of the molecule is Cc1cnc2nc(-c3ccc(C)c(O)c3)[nH]c2c1. The quantitative estimate of drug-likeness (QED) is 0.686. The minimum atomic E-state index is 0.275. The molecule has 3 aromatic rings. The zero-order valence-corrected chi connectivity index (χ0v) is 10.2. The standard InChI is InChI=1S/C14H13N3O/c1-8-5-11-14(15-7-8)17-13(16-11)10-4-3-9(2)12(18)6-10/h3-7,18H,1-2H3,(H,15,16,17). The summed E-state index contributed by atoms with van der Waals surface area (Å²) >= 11 is 0.